The summed E-state index contributed by atoms with van der Waals surface area (Å²) in [5.41, 5.74) is 1.86. The predicted molar refractivity (Wildman–Crippen MR) is 84.2 cm³/mol. The summed E-state index contributed by atoms with van der Waals surface area (Å²) in [5.74, 6) is 0. The molecule has 1 aromatic heterocycles. The summed E-state index contributed by atoms with van der Waals surface area (Å²) >= 11 is 0. The topological polar surface area (TPSA) is 42.2 Å². The van der Waals surface area contributed by atoms with Crippen molar-refractivity contribution in [1.29, 1.82) is 0 Å². The molecule has 21 heavy (non-hydrogen) atoms. The lowest BCUT2D eigenvalue weighted by Gasteiger charge is -2.14. The van der Waals surface area contributed by atoms with Crippen molar-refractivity contribution in [1.82, 2.24) is 4.57 Å². The minimum atomic E-state index is -0.496. The Morgan fingerprint density at radius 3 is 2.48 bits per heavy atom. The van der Waals surface area contributed by atoms with Crippen molar-refractivity contribution < 1.29 is 5.11 Å². The average molecular weight is 279 g/mol. The fourth-order valence-electron chi connectivity index (χ4n) is 2.56. The molecule has 0 saturated heterocycles. The van der Waals surface area contributed by atoms with E-state index in [1.54, 1.807) is 12.3 Å². The van der Waals surface area contributed by atoms with Gasteiger partial charge in [0, 0.05) is 24.2 Å². The number of aliphatic hydroxyl groups is 1. The molecule has 0 spiro atoms. The van der Waals surface area contributed by atoms with Gasteiger partial charge in [-0.3, -0.25) is 4.79 Å². The van der Waals surface area contributed by atoms with Gasteiger partial charge in [-0.15, -0.1) is 0 Å². The van der Waals surface area contributed by atoms with Crippen LogP contribution in [-0.4, -0.2) is 9.67 Å². The standard InChI is InChI=1S/C18H17NO2/c20-17(14-6-2-1-3-7-14)10-12-19-13-11-18(21)15-8-4-5-9-16(15)19/h1-9,11,13,17,20H,10,12H2. The highest BCUT2D eigenvalue weighted by atomic mass is 16.3. The molecule has 1 unspecified atom stereocenters. The summed E-state index contributed by atoms with van der Waals surface area (Å²) in [7, 11) is 0. The van der Waals surface area contributed by atoms with E-state index in [1.165, 1.54) is 0 Å². The van der Waals surface area contributed by atoms with E-state index in [4.69, 9.17) is 0 Å². The summed E-state index contributed by atoms with van der Waals surface area (Å²) in [6.45, 7) is 0.664. The lowest BCUT2D eigenvalue weighted by molar-refractivity contribution is 0.161. The Morgan fingerprint density at radius 2 is 1.67 bits per heavy atom. The predicted octanol–water partition coefficient (Wildman–Crippen LogP) is 3.13. The van der Waals surface area contributed by atoms with E-state index in [1.807, 2.05) is 59.2 Å². The smallest absolute Gasteiger partial charge is 0.189 e. The summed E-state index contributed by atoms with van der Waals surface area (Å²) < 4.78 is 2.02. The van der Waals surface area contributed by atoms with Crippen molar-refractivity contribution in [2.75, 3.05) is 0 Å². The first-order valence-electron chi connectivity index (χ1n) is 7.07. The second kappa shape index (κ2) is 5.94. The molecule has 1 heterocycles. The fraction of sp³-hybridized carbons (Fsp3) is 0.167. The number of aliphatic hydroxyl groups excluding tert-OH is 1. The quantitative estimate of drug-likeness (QED) is 0.797. The SMILES string of the molecule is O=c1ccn(CCC(O)c2ccccc2)c2ccccc12. The molecular weight excluding hydrogens is 262 g/mol. The van der Waals surface area contributed by atoms with E-state index in [-0.39, 0.29) is 5.43 Å². The first kappa shape index (κ1) is 13.6. The monoisotopic (exact) mass is 279 g/mol. The highest BCUT2D eigenvalue weighted by Crippen LogP contribution is 2.18. The van der Waals surface area contributed by atoms with Crippen LogP contribution in [0.1, 0.15) is 18.1 Å². The van der Waals surface area contributed by atoms with Gasteiger partial charge >= 0.3 is 0 Å². The number of nitrogens with zero attached hydrogens (tertiary/aromatic N) is 1. The van der Waals surface area contributed by atoms with Crippen molar-refractivity contribution >= 4 is 10.9 Å². The van der Waals surface area contributed by atoms with Crippen molar-refractivity contribution in [2.45, 2.75) is 19.1 Å². The number of hydrogen-bond acceptors (Lipinski definition) is 2. The Bertz CT molecular complexity index is 793. The van der Waals surface area contributed by atoms with Crippen LogP contribution in [0.4, 0.5) is 0 Å². The molecule has 2 aromatic carbocycles. The Morgan fingerprint density at radius 1 is 0.952 bits per heavy atom. The molecule has 0 aliphatic carbocycles. The molecule has 0 saturated carbocycles. The summed E-state index contributed by atoms with van der Waals surface area (Å²) in [6.07, 6.45) is 1.91. The Balaban J connectivity index is 1.83. The summed E-state index contributed by atoms with van der Waals surface area (Å²) in [4.78, 5) is 11.8. The van der Waals surface area contributed by atoms with Gasteiger partial charge in [0.25, 0.3) is 0 Å². The molecule has 0 amide bonds. The number of rotatable bonds is 4. The molecule has 0 aliphatic rings. The van der Waals surface area contributed by atoms with Crippen molar-refractivity contribution in [3.8, 4) is 0 Å². The molecule has 0 radical (unpaired) electrons. The van der Waals surface area contributed by atoms with Crippen molar-refractivity contribution in [2.24, 2.45) is 0 Å². The van der Waals surface area contributed by atoms with E-state index in [0.29, 0.717) is 18.4 Å². The molecule has 0 bridgehead atoms. The van der Waals surface area contributed by atoms with Crippen molar-refractivity contribution in [3.05, 3.63) is 82.6 Å². The molecular formula is C18H17NO2. The van der Waals surface area contributed by atoms with Gasteiger partial charge in [0.15, 0.2) is 5.43 Å². The van der Waals surface area contributed by atoms with Crippen LogP contribution in [0.3, 0.4) is 0 Å². The number of para-hydroxylation sites is 1. The Labute approximate surface area is 123 Å². The third-order valence-corrected chi connectivity index (χ3v) is 3.71. The molecule has 3 aromatic rings. The zero-order chi connectivity index (χ0) is 14.7. The fourth-order valence-corrected chi connectivity index (χ4v) is 2.56. The van der Waals surface area contributed by atoms with Crippen LogP contribution in [0, 0.1) is 0 Å². The first-order valence-corrected chi connectivity index (χ1v) is 7.07. The number of benzene rings is 2. The van der Waals surface area contributed by atoms with E-state index < -0.39 is 6.10 Å². The highest BCUT2D eigenvalue weighted by molar-refractivity contribution is 5.78. The molecule has 3 nitrogen and oxygen atoms in total. The number of pyridine rings is 1. The van der Waals surface area contributed by atoms with Crippen molar-refractivity contribution in [3.63, 3.8) is 0 Å². The molecule has 0 fully saturated rings. The van der Waals surface area contributed by atoms with E-state index in [9.17, 15) is 9.90 Å². The highest BCUT2D eigenvalue weighted by Gasteiger charge is 2.08. The van der Waals surface area contributed by atoms with Gasteiger partial charge in [-0.2, -0.15) is 0 Å². The second-order valence-corrected chi connectivity index (χ2v) is 5.11. The molecule has 106 valence electrons. The van der Waals surface area contributed by atoms with Crippen LogP contribution in [0.15, 0.2) is 71.7 Å². The summed E-state index contributed by atoms with van der Waals surface area (Å²) in [6, 6.07) is 18.8. The van der Waals surface area contributed by atoms with Crippen LogP contribution in [0.2, 0.25) is 0 Å². The Hall–Kier alpha value is -2.39. The normalized spacial score (nSPS) is 12.4. The third-order valence-electron chi connectivity index (χ3n) is 3.71. The van der Waals surface area contributed by atoms with Crippen LogP contribution in [-0.2, 0) is 6.54 Å². The van der Waals surface area contributed by atoms with Crippen LogP contribution >= 0.6 is 0 Å². The lowest BCUT2D eigenvalue weighted by Crippen LogP contribution is -2.10. The number of fused-ring (bicyclic) bond motifs is 1. The van der Waals surface area contributed by atoms with Gasteiger partial charge in [-0.25, -0.2) is 0 Å². The van der Waals surface area contributed by atoms with Gasteiger partial charge in [-0.05, 0) is 24.1 Å². The largest absolute Gasteiger partial charge is 0.388 e. The van der Waals surface area contributed by atoms with Crippen LogP contribution < -0.4 is 5.43 Å². The van der Waals surface area contributed by atoms with Gasteiger partial charge in [0.05, 0.1) is 11.6 Å². The van der Waals surface area contributed by atoms with Gasteiger partial charge in [0.2, 0.25) is 0 Å². The van der Waals surface area contributed by atoms with E-state index in [0.717, 1.165) is 11.1 Å². The van der Waals surface area contributed by atoms with E-state index in [2.05, 4.69) is 0 Å². The average Bonchev–Trinajstić information content (AvgIpc) is 2.55. The maximum Gasteiger partial charge on any atom is 0.189 e. The lowest BCUT2D eigenvalue weighted by atomic mass is 10.1. The van der Waals surface area contributed by atoms with Crippen LogP contribution in [0.25, 0.3) is 10.9 Å². The molecule has 3 rings (SSSR count). The van der Waals surface area contributed by atoms with Gasteiger partial charge < -0.3 is 9.67 Å². The summed E-state index contributed by atoms with van der Waals surface area (Å²) in [5, 5.41) is 11.0. The third kappa shape index (κ3) is 2.88. The van der Waals surface area contributed by atoms with Gasteiger partial charge in [-0.1, -0.05) is 42.5 Å². The zero-order valence-electron chi connectivity index (χ0n) is 11.6. The Kier molecular flexibility index (Phi) is 3.84. The maximum absolute atomic E-state index is 11.8. The van der Waals surface area contributed by atoms with Gasteiger partial charge in [0.1, 0.15) is 0 Å². The molecule has 0 aliphatic heterocycles. The second-order valence-electron chi connectivity index (χ2n) is 5.11. The number of hydrogen-bond donors (Lipinski definition) is 1. The number of aromatic nitrogens is 1. The zero-order valence-corrected chi connectivity index (χ0v) is 11.6. The molecule has 1 N–H and O–H groups in total. The molecule has 1 atom stereocenters. The first-order chi connectivity index (χ1) is 10.3. The molecule has 3 heteroatoms. The van der Waals surface area contributed by atoms with E-state index >= 15 is 0 Å². The minimum Gasteiger partial charge on any atom is -0.388 e. The number of aryl methyl sites for hydroxylation is 1. The van der Waals surface area contributed by atoms with Crippen LogP contribution in [0.5, 0.6) is 0 Å². The maximum atomic E-state index is 11.8. The minimum absolute atomic E-state index is 0.0328.